The van der Waals surface area contributed by atoms with Crippen molar-refractivity contribution in [3.8, 4) is 0 Å². The first-order valence-corrected chi connectivity index (χ1v) is 15.7. The van der Waals surface area contributed by atoms with E-state index >= 15 is 0 Å². The Morgan fingerprint density at radius 2 is 1.29 bits per heavy atom. The molecule has 3 fully saturated rings. The van der Waals surface area contributed by atoms with E-state index in [0.717, 1.165) is 35.5 Å². The monoisotopic (exact) mass is 466 g/mol. The van der Waals surface area contributed by atoms with Crippen LogP contribution in [0.3, 0.4) is 0 Å². The van der Waals surface area contributed by atoms with E-state index in [4.69, 9.17) is 6.58 Å². The normalized spacial score (nSPS) is 33.0. The van der Waals surface area contributed by atoms with Crippen molar-refractivity contribution in [2.75, 3.05) is 0 Å². The zero-order chi connectivity index (χ0) is 24.0. The zero-order valence-corrected chi connectivity index (χ0v) is 23.1. The lowest BCUT2D eigenvalue weighted by atomic mass is 9.68. The fourth-order valence-electron chi connectivity index (χ4n) is 7.57. The number of allylic oxidation sites excluding steroid dienone is 5. The van der Waals surface area contributed by atoms with Gasteiger partial charge in [-0.1, -0.05) is 108 Å². The summed E-state index contributed by atoms with van der Waals surface area (Å²) in [5.74, 6) is 5.39. The summed E-state index contributed by atoms with van der Waals surface area (Å²) in [5, 5.41) is 0. The second kappa shape index (κ2) is 16.1. The smallest absolute Gasteiger partial charge is 0.0140 e. The van der Waals surface area contributed by atoms with Crippen molar-refractivity contribution in [1.82, 2.24) is 0 Å². The Labute approximate surface area is 214 Å². The molecule has 0 N–H and O–H groups in total. The van der Waals surface area contributed by atoms with Crippen LogP contribution in [0.25, 0.3) is 0 Å². The van der Waals surface area contributed by atoms with Crippen LogP contribution in [0.15, 0.2) is 36.5 Å². The van der Waals surface area contributed by atoms with Gasteiger partial charge in [-0.05, 0) is 107 Å². The molecule has 194 valence electrons. The standard InChI is InChI=1S/C34H58/c1-4-6-8-14-29-20-22-30(23-21-29)16-10-11-17-33-18-12-13-19-34(33)28(3)32-26-24-31(25-27-32)15-9-7-5-2/h4,6,11,17,29-34H,3,5,7-10,12-16,18-27H2,1-2H3/b6-4+,17-11+. The largest absolute Gasteiger partial charge is 0.0993 e. The van der Waals surface area contributed by atoms with Crippen molar-refractivity contribution in [3.63, 3.8) is 0 Å². The molecule has 0 radical (unpaired) electrons. The maximum atomic E-state index is 4.75. The molecule has 3 aliphatic carbocycles. The third kappa shape index (κ3) is 9.35. The van der Waals surface area contributed by atoms with Crippen LogP contribution in [0.4, 0.5) is 0 Å². The molecule has 0 aliphatic heterocycles. The number of hydrogen-bond donors (Lipinski definition) is 0. The van der Waals surface area contributed by atoms with Crippen LogP contribution in [0.1, 0.15) is 142 Å². The second-order valence-electron chi connectivity index (χ2n) is 12.4. The van der Waals surface area contributed by atoms with Crippen molar-refractivity contribution in [1.29, 1.82) is 0 Å². The summed E-state index contributed by atoms with van der Waals surface area (Å²) in [7, 11) is 0. The molecule has 0 aromatic carbocycles. The molecule has 3 aliphatic rings. The highest BCUT2D eigenvalue weighted by Crippen LogP contribution is 2.44. The van der Waals surface area contributed by atoms with Gasteiger partial charge in [-0.15, -0.1) is 0 Å². The van der Waals surface area contributed by atoms with E-state index in [-0.39, 0.29) is 0 Å². The summed E-state index contributed by atoms with van der Waals surface area (Å²) < 4.78 is 0. The summed E-state index contributed by atoms with van der Waals surface area (Å²) in [6, 6.07) is 0. The average molecular weight is 467 g/mol. The van der Waals surface area contributed by atoms with Crippen molar-refractivity contribution in [2.45, 2.75) is 142 Å². The molecule has 3 saturated carbocycles. The zero-order valence-electron chi connectivity index (χ0n) is 23.1. The Morgan fingerprint density at radius 1 is 0.706 bits per heavy atom. The van der Waals surface area contributed by atoms with Crippen molar-refractivity contribution < 1.29 is 0 Å². The van der Waals surface area contributed by atoms with Crippen LogP contribution in [-0.2, 0) is 0 Å². The summed E-state index contributed by atoms with van der Waals surface area (Å²) in [6.07, 6.45) is 38.4. The maximum absolute atomic E-state index is 4.75. The SMILES string of the molecule is C=C(C1CCC(CCCCC)CC1)C1CCCCC1/C=C/CCC1CCC(CC/C=C/C)CC1. The Kier molecular flexibility index (Phi) is 13.1. The van der Waals surface area contributed by atoms with Crippen LogP contribution >= 0.6 is 0 Å². The quantitative estimate of drug-likeness (QED) is 0.187. The molecule has 2 atom stereocenters. The Morgan fingerprint density at radius 3 is 1.94 bits per heavy atom. The minimum atomic E-state index is 0.777. The molecule has 0 nitrogen and oxygen atoms in total. The molecule has 0 spiro atoms. The summed E-state index contributed by atoms with van der Waals surface area (Å²) in [6.45, 7) is 9.23. The molecule has 0 heteroatoms. The molecule has 3 rings (SSSR count). The van der Waals surface area contributed by atoms with Gasteiger partial charge in [0.15, 0.2) is 0 Å². The fraction of sp³-hybridized carbons (Fsp3) is 0.824. The highest BCUT2D eigenvalue weighted by atomic mass is 14.4. The van der Waals surface area contributed by atoms with E-state index in [2.05, 4.69) is 38.2 Å². The van der Waals surface area contributed by atoms with Crippen molar-refractivity contribution in [2.24, 2.45) is 35.5 Å². The first-order valence-electron chi connectivity index (χ1n) is 15.7. The van der Waals surface area contributed by atoms with Gasteiger partial charge in [0.05, 0.1) is 0 Å². The maximum Gasteiger partial charge on any atom is -0.0140 e. The third-order valence-electron chi connectivity index (χ3n) is 9.95. The van der Waals surface area contributed by atoms with Gasteiger partial charge < -0.3 is 0 Å². The van der Waals surface area contributed by atoms with Gasteiger partial charge in [-0.25, -0.2) is 0 Å². The Balaban J connectivity index is 1.36. The molecular formula is C34H58. The fourth-order valence-corrected chi connectivity index (χ4v) is 7.57. The highest BCUT2D eigenvalue weighted by molar-refractivity contribution is 5.13. The first-order chi connectivity index (χ1) is 16.7. The van der Waals surface area contributed by atoms with Crippen LogP contribution in [0.2, 0.25) is 0 Å². The van der Waals surface area contributed by atoms with Gasteiger partial charge in [-0.3, -0.25) is 0 Å². The van der Waals surface area contributed by atoms with E-state index in [0.29, 0.717) is 0 Å². The molecule has 0 bridgehead atoms. The lowest BCUT2D eigenvalue weighted by Gasteiger charge is -2.37. The first kappa shape index (κ1) is 27.8. The molecule has 0 aromatic heterocycles. The van der Waals surface area contributed by atoms with Gasteiger partial charge in [0.2, 0.25) is 0 Å². The lowest BCUT2D eigenvalue weighted by Crippen LogP contribution is -2.26. The third-order valence-corrected chi connectivity index (χ3v) is 9.95. The average Bonchev–Trinajstić information content (AvgIpc) is 2.88. The van der Waals surface area contributed by atoms with Crippen LogP contribution in [0, 0.1) is 35.5 Å². The molecule has 2 unspecified atom stereocenters. The van der Waals surface area contributed by atoms with E-state index in [1.165, 1.54) is 128 Å². The van der Waals surface area contributed by atoms with Crippen LogP contribution < -0.4 is 0 Å². The Hall–Kier alpha value is -0.780. The van der Waals surface area contributed by atoms with Gasteiger partial charge >= 0.3 is 0 Å². The predicted molar refractivity (Wildman–Crippen MR) is 152 cm³/mol. The number of hydrogen-bond acceptors (Lipinski definition) is 0. The highest BCUT2D eigenvalue weighted by Gasteiger charge is 2.31. The van der Waals surface area contributed by atoms with Crippen molar-refractivity contribution >= 4 is 0 Å². The summed E-state index contributed by atoms with van der Waals surface area (Å²) in [4.78, 5) is 0. The molecule has 0 aromatic rings. The van der Waals surface area contributed by atoms with Gasteiger partial charge in [-0.2, -0.15) is 0 Å². The molecule has 34 heavy (non-hydrogen) atoms. The van der Waals surface area contributed by atoms with E-state index < -0.39 is 0 Å². The summed E-state index contributed by atoms with van der Waals surface area (Å²) >= 11 is 0. The van der Waals surface area contributed by atoms with Crippen LogP contribution in [-0.4, -0.2) is 0 Å². The van der Waals surface area contributed by atoms with Crippen molar-refractivity contribution in [3.05, 3.63) is 36.5 Å². The van der Waals surface area contributed by atoms with E-state index in [9.17, 15) is 0 Å². The lowest BCUT2D eigenvalue weighted by molar-refractivity contribution is 0.242. The molecule has 0 amide bonds. The van der Waals surface area contributed by atoms with Gasteiger partial charge in [0.1, 0.15) is 0 Å². The molecule has 0 saturated heterocycles. The topological polar surface area (TPSA) is 0 Å². The second-order valence-corrected chi connectivity index (χ2v) is 12.4. The summed E-state index contributed by atoms with van der Waals surface area (Å²) in [5.41, 5.74) is 1.65. The molecule has 0 heterocycles. The van der Waals surface area contributed by atoms with Gasteiger partial charge in [0, 0.05) is 0 Å². The minimum absolute atomic E-state index is 0.777. The van der Waals surface area contributed by atoms with E-state index in [1.807, 2.05) is 0 Å². The number of rotatable bonds is 13. The Bertz CT molecular complexity index is 594. The van der Waals surface area contributed by atoms with Crippen LogP contribution in [0.5, 0.6) is 0 Å². The van der Waals surface area contributed by atoms with Gasteiger partial charge in [0.25, 0.3) is 0 Å². The molecular weight excluding hydrogens is 408 g/mol. The predicted octanol–water partition coefficient (Wildman–Crippen LogP) is 11.2. The number of unbranched alkanes of at least 4 members (excludes halogenated alkanes) is 2. The minimum Gasteiger partial charge on any atom is -0.0993 e. The van der Waals surface area contributed by atoms with E-state index in [1.54, 1.807) is 5.57 Å².